The molecule has 0 heterocycles. The standard InChI is InChI=1S/C17H15NO6/c1-12(19)23-11-16(13-5-3-2-4-6-13)24-17(20)14-7-9-15(10-8-14)18(21)22/h2-10,16H,11H2,1H3. The summed E-state index contributed by atoms with van der Waals surface area (Å²) in [5, 5.41) is 10.6. The first-order valence-corrected chi connectivity index (χ1v) is 7.11. The Morgan fingerprint density at radius 1 is 1.08 bits per heavy atom. The van der Waals surface area contributed by atoms with Gasteiger partial charge in [0, 0.05) is 19.1 Å². The van der Waals surface area contributed by atoms with Gasteiger partial charge >= 0.3 is 11.9 Å². The summed E-state index contributed by atoms with van der Waals surface area (Å²) < 4.78 is 10.3. The molecule has 124 valence electrons. The van der Waals surface area contributed by atoms with Crippen LogP contribution in [-0.4, -0.2) is 23.5 Å². The van der Waals surface area contributed by atoms with Crippen LogP contribution in [0.25, 0.3) is 0 Å². The molecule has 7 heteroatoms. The van der Waals surface area contributed by atoms with Gasteiger partial charge in [-0.3, -0.25) is 14.9 Å². The molecule has 0 saturated heterocycles. The highest BCUT2D eigenvalue weighted by Gasteiger charge is 2.20. The Kier molecular flexibility index (Phi) is 5.62. The van der Waals surface area contributed by atoms with Gasteiger partial charge in [0.25, 0.3) is 5.69 Å². The van der Waals surface area contributed by atoms with Gasteiger partial charge in [-0.15, -0.1) is 0 Å². The van der Waals surface area contributed by atoms with Crippen molar-refractivity contribution in [2.45, 2.75) is 13.0 Å². The molecular formula is C17H15NO6. The first-order chi connectivity index (χ1) is 11.5. The lowest BCUT2D eigenvalue weighted by molar-refractivity contribution is -0.384. The molecule has 0 saturated carbocycles. The molecule has 0 bridgehead atoms. The van der Waals surface area contributed by atoms with Crippen molar-refractivity contribution in [3.8, 4) is 0 Å². The van der Waals surface area contributed by atoms with Crippen LogP contribution in [0.5, 0.6) is 0 Å². The molecule has 2 aromatic rings. The quantitative estimate of drug-likeness (QED) is 0.459. The van der Waals surface area contributed by atoms with Crippen LogP contribution in [0.15, 0.2) is 54.6 Å². The van der Waals surface area contributed by atoms with E-state index >= 15 is 0 Å². The fourth-order valence-corrected chi connectivity index (χ4v) is 1.98. The van der Waals surface area contributed by atoms with Crippen LogP contribution in [0, 0.1) is 10.1 Å². The van der Waals surface area contributed by atoms with Crippen LogP contribution < -0.4 is 0 Å². The summed E-state index contributed by atoms with van der Waals surface area (Å²) in [4.78, 5) is 33.3. The largest absolute Gasteiger partial charge is 0.462 e. The van der Waals surface area contributed by atoms with E-state index in [1.54, 1.807) is 24.3 Å². The average Bonchev–Trinajstić information content (AvgIpc) is 2.59. The summed E-state index contributed by atoms with van der Waals surface area (Å²) in [5.41, 5.74) is 0.726. The number of esters is 2. The first kappa shape index (κ1) is 17.1. The Morgan fingerprint density at radius 2 is 1.71 bits per heavy atom. The highest BCUT2D eigenvalue weighted by molar-refractivity contribution is 5.89. The Morgan fingerprint density at radius 3 is 2.25 bits per heavy atom. The van der Waals surface area contributed by atoms with E-state index in [-0.39, 0.29) is 17.9 Å². The molecule has 2 aromatic carbocycles. The monoisotopic (exact) mass is 329 g/mol. The van der Waals surface area contributed by atoms with Gasteiger partial charge in [-0.1, -0.05) is 30.3 Å². The highest BCUT2D eigenvalue weighted by Crippen LogP contribution is 2.21. The van der Waals surface area contributed by atoms with Crippen molar-refractivity contribution in [2.24, 2.45) is 0 Å². The third kappa shape index (κ3) is 4.64. The molecule has 0 spiro atoms. The number of hydrogen-bond donors (Lipinski definition) is 0. The van der Waals surface area contributed by atoms with Gasteiger partial charge in [-0.05, 0) is 17.7 Å². The molecule has 2 rings (SSSR count). The van der Waals surface area contributed by atoms with Crippen molar-refractivity contribution in [1.29, 1.82) is 0 Å². The predicted molar refractivity (Wildman–Crippen MR) is 84.3 cm³/mol. The van der Waals surface area contributed by atoms with E-state index < -0.39 is 23.0 Å². The maximum atomic E-state index is 12.2. The number of carbonyl (C=O) groups excluding carboxylic acids is 2. The van der Waals surface area contributed by atoms with Gasteiger partial charge in [0.1, 0.15) is 6.61 Å². The summed E-state index contributed by atoms with van der Waals surface area (Å²) in [5.74, 6) is -1.15. The van der Waals surface area contributed by atoms with Gasteiger partial charge in [0.15, 0.2) is 6.10 Å². The number of non-ortho nitro benzene ring substituents is 1. The number of nitrogens with zero attached hydrogens (tertiary/aromatic N) is 1. The predicted octanol–water partition coefficient (Wildman–Crippen LogP) is 3.06. The zero-order valence-corrected chi connectivity index (χ0v) is 12.9. The second-order valence-corrected chi connectivity index (χ2v) is 4.91. The van der Waals surface area contributed by atoms with Crippen molar-refractivity contribution in [3.63, 3.8) is 0 Å². The van der Waals surface area contributed by atoms with Crippen LogP contribution in [-0.2, 0) is 14.3 Å². The minimum Gasteiger partial charge on any atom is -0.462 e. The molecule has 0 aliphatic heterocycles. The minimum atomic E-state index is -0.766. The van der Waals surface area contributed by atoms with E-state index in [1.165, 1.54) is 31.2 Å². The van der Waals surface area contributed by atoms with Crippen molar-refractivity contribution in [1.82, 2.24) is 0 Å². The summed E-state index contributed by atoms with van der Waals surface area (Å²) in [7, 11) is 0. The lowest BCUT2D eigenvalue weighted by atomic mass is 10.1. The molecule has 0 radical (unpaired) electrons. The summed E-state index contributed by atoms with van der Waals surface area (Å²) >= 11 is 0. The van der Waals surface area contributed by atoms with Gasteiger partial charge in [0.05, 0.1) is 10.5 Å². The Labute approximate surface area is 138 Å². The Balaban J connectivity index is 2.14. The molecule has 0 N–H and O–H groups in total. The molecule has 1 atom stereocenters. The maximum Gasteiger partial charge on any atom is 0.338 e. The molecule has 0 aliphatic carbocycles. The van der Waals surface area contributed by atoms with Crippen LogP contribution in [0.3, 0.4) is 0 Å². The molecule has 0 fully saturated rings. The number of benzene rings is 2. The molecule has 0 aliphatic rings. The third-order valence-corrected chi connectivity index (χ3v) is 3.17. The van der Waals surface area contributed by atoms with Crippen molar-refractivity contribution in [3.05, 3.63) is 75.8 Å². The fraction of sp³-hybridized carbons (Fsp3) is 0.176. The van der Waals surface area contributed by atoms with Gasteiger partial charge in [-0.25, -0.2) is 4.79 Å². The summed E-state index contributed by atoms with van der Waals surface area (Å²) in [6.45, 7) is 1.15. The SMILES string of the molecule is CC(=O)OCC(OC(=O)c1ccc([N+](=O)[O-])cc1)c1ccccc1. The van der Waals surface area contributed by atoms with E-state index in [0.29, 0.717) is 5.56 Å². The number of rotatable bonds is 6. The van der Waals surface area contributed by atoms with Gasteiger partial charge < -0.3 is 9.47 Å². The van der Waals surface area contributed by atoms with Crippen molar-refractivity contribution < 1.29 is 24.0 Å². The van der Waals surface area contributed by atoms with E-state index in [1.807, 2.05) is 6.07 Å². The van der Waals surface area contributed by atoms with Gasteiger partial charge in [-0.2, -0.15) is 0 Å². The van der Waals surface area contributed by atoms with Crippen LogP contribution in [0.2, 0.25) is 0 Å². The molecule has 1 unspecified atom stereocenters. The molecule has 24 heavy (non-hydrogen) atoms. The van der Waals surface area contributed by atoms with Crippen molar-refractivity contribution >= 4 is 17.6 Å². The second-order valence-electron chi connectivity index (χ2n) is 4.91. The van der Waals surface area contributed by atoms with E-state index in [4.69, 9.17) is 9.47 Å². The highest BCUT2D eigenvalue weighted by atomic mass is 16.6. The van der Waals surface area contributed by atoms with E-state index in [0.717, 1.165) is 0 Å². The zero-order valence-electron chi connectivity index (χ0n) is 12.9. The van der Waals surface area contributed by atoms with E-state index in [2.05, 4.69) is 0 Å². The van der Waals surface area contributed by atoms with Crippen LogP contribution in [0.4, 0.5) is 5.69 Å². The van der Waals surface area contributed by atoms with Crippen molar-refractivity contribution in [2.75, 3.05) is 6.61 Å². The lowest BCUT2D eigenvalue weighted by Crippen LogP contribution is -2.18. The third-order valence-electron chi connectivity index (χ3n) is 3.17. The average molecular weight is 329 g/mol. The van der Waals surface area contributed by atoms with E-state index in [9.17, 15) is 19.7 Å². The maximum absolute atomic E-state index is 12.2. The summed E-state index contributed by atoms with van der Waals surface area (Å²) in [6, 6.07) is 13.9. The first-order valence-electron chi connectivity index (χ1n) is 7.11. The number of hydrogen-bond acceptors (Lipinski definition) is 6. The normalized spacial score (nSPS) is 11.4. The fourth-order valence-electron chi connectivity index (χ4n) is 1.98. The van der Waals surface area contributed by atoms with Gasteiger partial charge in [0.2, 0.25) is 0 Å². The smallest absolute Gasteiger partial charge is 0.338 e. The molecule has 0 amide bonds. The lowest BCUT2D eigenvalue weighted by Gasteiger charge is -2.18. The Hall–Kier alpha value is -3.22. The number of nitro groups is 1. The van der Waals surface area contributed by atoms with Crippen LogP contribution >= 0.6 is 0 Å². The second kappa shape index (κ2) is 7.87. The number of nitro benzene ring substituents is 1. The topological polar surface area (TPSA) is 95.7 Å². The zero-order chi connectivity index (χ0) is 17.5. The summed E-state index contributed by atoms with van der Waals surface area (Å²) in [6.07, 6.45) is -0.766. The molecule has 0 aromatic heterocycles. The Bertz CT molecular complexity index is 727. The number of ether oxygens (including phenoxy) is 2. The van der Waals surface area contributed by atoms with Crippen LogP contribution in [0.1, 0.15) is 28.9 Å². The minimum absolute atomic E-state index is 0.113. The molecular weight excluding hydrogens is 314 g/mol. The molecule has 7 nitrogen and oxygen atoms in total. The number of carbonyl (C=O) groups is 2.